The van der Waals surface area contributed by atoms with Gasteiger partial charge in [-0.2, -0.15) is 5.26 Å². The third-order valence-corrected chi connectivity index (χ3v) is 2.81. The summed E-state index contributed by atoms with van der Waals surface area (Å²) in [7, 11) is 1.59. The van der Waals surface area contributed by atoms with Crippen LogP contribution < -0.4 is 0 Å². The van der Waals surface area contributed by atoms with Crippen molar-refractivity contribution in [3.63, 3.8) is 0 Å². The number of nitrogens with zero attached hydrogens (tertiary/aromatic N) is 1. The van der Waals surface area contributed by atoms with Gasteiger partial charge >= 0.3 is 5.97 Å². The lowest BCUT2D eigenvalue weighted by Gasteiger charge is -2.37. The van der Waals surface area contributed by atoms with Gasteiger partial charge < -0.3 is 5.11 Å². The van der Waals surface area contributed by atoms with Gasteiger partial charge in [-0.05, 0) is 20.4 Å². The first-order chi connectivity index (χ1) is 6.93. The van der Waals surface area contributed by atoms with Crippen LogP contribution in [0.2, 0.25) is 0 Å². The van der Waals surface area contributed by atoms with Gasteiger partial charge in [0.15, 0.2) is 0 Å². The Balaban J connectivity index is 4.78. The van der Waals surface area contributed by atoms with Crippen LogP contribution in [0.1, 0.15) is 26.7 Å². The summed E-state index contributed by atoms with van der Waals surface area (Å²) >= 11 is 0. The number of aliphatic hydroxyl groups is 1. The van der Waals surface area contributed by atoms with Crippen LogP contribution in [-0.2, 0) is 9.68 Å². The first-order valence-corrected chi connectivity index (χ1v) is 4.81. The first kappa shape index (κ1) is 14.1. The van der Waals surface area contributed by atoms with Crippen molar-refractivity contribution >= 4 is 5.97 Å². The van der Waals surface area contributed by atoms with Gasteiger partial charge in [-0.15, -0.1) is 6.58 Å². The van der Waals surface area contributed by atoms with Gasteiger partial charge in [0.25, 0.3) is 0 Å². The van der Waals surface area contributed by atoms with Gasteiger partial charge in [-0.25, -0.2) is 4.79 Å². The Morgan fingerprint density at radius 3 is 2.60 bits per heavy atom. The molecule has 0 saturated heterocycles. The van der Waals surface area contributed by atoms with E-state index in [0.717, 1.165) is 0 Å². The van der Waals surface area contributed by atoms with Crippen molar-refractivity contribution in [3.8, 4) is 0 Å². The van der Waals surface area contributed by atoms with Crippen LogP contribution >= 0.6 is 0 Å². The smallest absolute Gasteiger partial charge is 0.361 e. The topological polar surface area (TPSA) is 70.0 Å². The van der Waals surface area contributed by atoms with Gasteiger partial charge in [0, 0.05) is 6.42 Å². The summed E-state index contributed by atoms with van der Waals surface area (Å²) < 4.78 is 0. The third kappa shape index (κ3) is 3.02. The molecule has 0 aromatic heterocycles. The molecule has 0 aliphatic heterocycles. The highest BCUT2D eigenvalue weighted by atomic mass is 17.1. The minimum Gasteiger partial charge on any atom is -0.378 e. The van der Waals surface area contributed by atoms with Crippen molar-refractivity contribution in [3.05, 3.63) is 12.7 Å². The Morgan fingerprint density at radius 1 is 1.73 bits per heavy atom. The van der Waals surface area contributed by atoms with Crippen molar-refractivity contribution in [1.82, 2.24) is 4.90 Å². The van der Waals surface area contributed by atoms with Crippen LogP contribution in [0.15, 0.2) is 12.7 Å². The summed E-state index contributed by atoms with van der Waals surface area (Å²) in [5.74, 6) is -0.782. The van der Waals surface area contributed by atoms with E-state index in [1.807, 2.05) is 0 Å². The number of hydrogen-bond donors (Lipinski definition) is 2. The molecule has 2 unspecified atom stereocenters. The fraction of sp³-hybridized carbons (Fsp3) is 0.700. The zero-order valence-corrected chi connectivity index (χ0v) is 9.43. The van der Waals surface area contributed by atoms with E-state index in [-0.39, 0.29) is 0 Å². The van der Waals surface area contributed by atoms with E-state index >= 15 is 0 Å². The molecule has 0 spiro atoms. The lowest BCUT2D eigenvalue weighted by Crippen LogP contribution is -2.54. The summed E-state index contributed by atoms with van der Waals surface area (Å²) in [6, 6.07) is 0. The highest BCUT2D eigenvalue weighted by Crippen LogP contribution is 2.22. The Morgan fingerprint density at radius 2 is 2.27 bits per heavy atom. The van der Waals surface area contributed by atoms with Gasteiger partial charge in [-0.3, -0.25) is 9.79 Å². The number of aliphatic hydroxyl groups excluding tert-OH is 1. The highest BCUT2D eigenvalue weighted by molar-refractivity contribution is 5.79. The molecule has 0 bridgehead atoms. The van der Waals surface area contributed by atoms with Gasteiger partial charge in [0.1, 0.15) is 11.8 Å². The molecule has 0 rings (SSSR count). The second-order valence-corrected chi connectivity index (χ2v) is 3.62. The summed E-state index contributed by atoms with van der Waals surface area (Å²) in [6.45, 7) is 6.87. The molecule has 5 nitrogen and oxygen atoms in total. The zero-order valence-electron chi connectivity index (χ0n) is 9.43. The quantitative estimate of drug-likeness (QED) is 0.300. The number of hydrogen-bond acceptors (Lipinski definition) is 5. The molecule has 2 N–H and O–H groups in total. The molecule has 0 aliphatic carbocycles. The molecule has 0 aromatic carbocycles. The Labute approximate surface area is 89.9 Å². The van der Waals surface area contributed by atoms with Crippen LogP contribution in [0.3, 0.4) is 0 Å². The van der Waals surface area contributed by atoms with Crippen molar-refractivity contribution in [2.75, 3.05) is 7.05 Å². The van der Waals surface area contributed by atoms with Crippen molar-refractivity contribution < 1.29 is 20.0 Å². The van der Waals surface area contributed by atoms with Crippen LogP contribution in [0.4, 0.5) is 0 Å². The highest BCUT2D eigenvalue weighted by Gasteiger charge is 2.40. The van der Waals surface area contributed by atoms with Crippen LogP contribution in [0.5, 0.6) is 0 Å². The molecule has 0 radical (unpaired) electrons. The van der Waals surface area contributed by atoms with Crippen molar-refractivity contribution in [1.29, 1.82) is 0 Å². The molecule has 0 amide bonds. The number of likely N-dealkylation sites (N-methyl/N-ethyl adjacent to an activating group) is 1. The predicted molar refractivity (Wildman–Crippen MR) is 56.0 cm³/mol. The average Bonchev–Trinajstić information content (AvgIpc) is 2.26. The minimum atomic E-state index is -1.04. The maximum absolute atomic E-state index is 11.4. The molecule has 2 atom stereocenters. The fourth-order valence-corrected chi connectivity index (χ4v) is 1.27. The van der Waals surface area contributed by atoms with E-state index in [1.54, 1.807) is 27.0 Å². The third-order valence-electron chi connectivity index (χ3n) is 2.81. The molecule has 0 aromatic rings. The molecular weight excluding hydrogens is 198 g/mol. The monoisotopic (exact) mass is 217 g/mol. The standard InChI is InChI=1S/C10H19NO4/c1-5-7-8(12)11(4)10(3,6-2)9(13)15-14/h5,8,12,14H,1,6-7H2,2-4H3. The van der Waals surface area contributed by atoms with E-state index in [0.29, 0.717) is 12.8 Å². The van der Waals surface area contributed by atoms with E-state index < -0.39 is 17.7 Å². The second kappa shape index (κ2) is 5.85. The Bertz CT molecular complexity index is 231. The van der Waals surface area contributed by atoms with E-state index in [2.05, 4.69) is 11.5 Å². The second-order valence-electron chi connectivity index (χ2n) is 3.62. The molecule has 0 saturated carbocycles. The number of carbonyl (C=O) groups excluding carboxylic acids is 1. The molecule has 15 heavy (non-hydrogen) atoms. The predicted octanol–water partition coefficient (Wildman–Crippen LogP) is 0.998. The average molecular weight is 217 g/mol. The summed E-state index contributed by atoms with van der Waals surface area (Å²) in [5.41, 5.74) is -1.04. The number of carbonyl (C=O) groups is 1. The molecule has 0 aliphatic rings. The molecular formula is C10H19NO4. The molecule has 88 valence electrons. The summed E-state index contributed by atoms with van der Waals surface area (Å²) in [6.07, 6.45) is 1.48. The first-order valence-electron chi connectivity index (χ1n) is 4.81. The maximum atomic E-state index is 11.4. The maximum Gasteiger partial charge on any atom is 0.361 e. The normalized spacial score (nSPS) is 16.9. The van der Waals surface area contributed by atoms with Crippen LogP contribution in [0, 0.1) is 0 Å². The lowest BCUT2D eigenvalue weighted by atomic mass is 9.96. The fourth-order valence-electron chi connectivity index (χ4n) is 1.27. The van der Waals surface area contributed by atoms with Crippen molar-refractivity contribution in [2.24, 2.45) is 0 Å². The molecule has 5 heteroatoms. The van der Waals surface area contributed by atoms with Gasteiger partial charge in [0.05, 0.1) is 0 Å². The minimum absolute atomic E-state index is 0.338. The van der Waals surface area contributed by atoms with Crippen LogP contribution in [-0.4, -0.2) is 40.0 Å². The van der Waals surface area contributed by atoms with E-state index in [1.165, 1.54) is 4.90 Å². The SMILES string of the molecule is C=CCC(O)N(C)C(C)(CC)C(=O)OO. The van der Waals surface area contributed by atoms with Crippen molar-refractivity contribution in [2.45, 2.75) is 38.5 Å². The van der Waals surface area contributed by atoms with Gasteiger partial charge in [0.2, 0.25) is 0 Å². The van der Waals surface area contributed by atoms with Crippen LogP contribution in [0.25, 0.3) is 0 Å². The lowest BCUT2D eigenvalue weighted by molar-refractivity contribution is -0.248. The largest absolute Gasteiger partial charge is 0.378 e. The summed E-state index contributed by atoms with van der Waals surface area (Å²) in [5, 5.41) is 18.1. The number of rotatable bonds is 6. The molecule has 0 fully saturated rings. The van der Waals surface area contributed by atoms with Gasteiger partial charge in [-0.1, -0.05) is 13.0 Å². The zero-order chi connectivity index (χ0) is 12.1. The summed E-state index contributed by atoms with van der Waals surface area (Å²) in [4.78, 5) is 16.6. The van der Waals surface area contributed by atoms with E-state index in [9.17, 15) is 9.90 Å². The molecule has 0 heterocycles. The van der Waals surface area contributed by atoms with E-state index in [4.69, 9.17) is 5.26 Å². The Kier molecular flexibility index (Phi) is 5.49. The Hall–Kier alpha value is -0.910.